The quantitative estimate of drug-likeness (QED) is 0.365. The van der Waals surface area contributed by atoms with E-state index in [-0.39, 0.29) is 5.78 Å². The van der Waals surface area contributed by atoms with Gasteiger partial charge in [0.05, 0.1) is 0 Å². The van der Waals surface area contributed by atoms with Gasteiger partial charge in [-0.15, -0.1) is 11.6 Å². The number of carbonyl (C=O) groups is 1. The number of alkyl halides is 1. The van der Waals surface area contributed by atoms with Crippen LogP contribution in [0.3, 0.4) is 0 Å². The molecule has 0 bridgehead atoms. The molecule has 0 fully saturated rings. The molecule has 0 aliphatic heterocycles. The summed E-state index contributed by atoms with van der Waals surface area (Å²) in [5, 5.41) is 0. The van der Waals surface area contributed by atoms with Crippen molar-refractivity contribution in [3.63, 3.8) is 0 Å². The van der Waals surface area contributed by atoms with E-state index in [4.69, 9.17) is 11.6 Å². The second-order valence-electron chi connectivity index (χ2n) is 3.59. The minimum atomic E-state index is -0.810. The molecule has 0 aliphatic carbocycles. The molecule has 0 radical (unpaired) electrons. The van der Waals surface area contributed by atoms with Crippen LogP contribution in [0.2, 0.25) is 0 Å². The molecule has 76 valence electrons. The van der Waals surface area contributed by atoms with Crippen LogP contribution in [0.5, 0.6) is 0 Å². The van der Waals surface area contributed by atoms with Crippen molar-refractivity contribution in [1.29, 1.82) is 0 Å². The molecule has 0 aromatic rings. The van der Waals surface area contributed by atoms with Gasteiger partial charge >= 0.3 is 0 Å². The molecule has 0 saturated carbocycles. The van der Waals surface area contributed by atoms with Crippen LogP contribution in [0.25, 0.3) is 0 Å². The molecule has 0 spiro atoms. The summed E-state index contributed by atoms with van der Waals surface area (Å²) >= 11 is 6.20. The van der Waals surface area contributed by atoms with Crippen LogP contribution < -0.4 is 0 Å². The zero-order chi connectivity index (χ0) is 10.5. The van der Waals surface area contributed by atoms with E-state index in [1.807, 2.05) is 6.92 Å². The summed E-state index contributed by atoms with van der Waals surface area (Å²) in [7, 11) is 0. The number of carbonyl (C=O) groups excluding carboxylic acids is 1. The van der Waals surface area contributed by atoms with Gasteiger partial charge in [0.15, 0.2) is 5.78 Å². The van der Waals surface area contributed by atoms with E-state index >= 15 is 0 Å². The van der Waals surface area contributed by atoms with Gasteiger partial charge in [0.25, 0.3) is 0 Å². The van der Waals surface area contributed by atoms with Crippen molar-refractivity contribution in [3.8, 4) is 0 Å². The SMILES string of the molecule is C=C(C)C(Cl)(CCCCC)C(C)=O. The van der Waals surface area contributed by atoms with Crippen molar-refractivity contribution in [3.05, 3.63) is 12.2 Å². The smallest absolute Gasteiger partial charge is 0.154 e. The number of allylic oxidation sites excluding steroid dienone is 1. The molecule has 1 atom stereocenters. The lowest BCUT2D eigenvalue weighted by atomic mass is 9.90. The van der Waals surface area contributed by atoms with E-state index in [9.17, 15) is 4.79 Å². The predicted octanol–water partition coefficient (Wildman–Crippen LogP) is 3.71. The van der Waals surface area contributed by atoms with Crippen molar-refractivity contribution < 1.29 is 4.79 Å². The second kappa shape index (κ2) is 5.43. The normalized spacial score (nSPS) is 15.1. The van der Waals surface area contributed by atoms with Crippen LogP contribution in [0, 0.1) is 0 Å². The van der Waals surface area contributed by atoms with Crippen molar-refractivity contribution >= 4 is 17.4 Å². The van der Waals surface area contributed by atoms with Crippen molar-refractivity contribution in [2.75, 3.05) is 0 Å². The topological polar surface area (TPSA) is 17.1 Å². The Bertz CT molecular complexity index is 182. The van der Waals surface area contributed by atoms with Crippen LogP contribution >= 0.6 is 11.6 Å². The second-order valence-corrected chi connectivity index (χ2v) is 4.24. The highest BCUT2D eigenvalue weighted by molar-refractivity contribution is 6.37. The average molecular weight is 203 g/mol. The minimum absolute atomic E-state index is 0.0118. The first-order valence-electron chi connectivity index (χ1n) is 4.81. The molecule has 0 amide bonds. The Hall–Kier alpha value is -0.300. The average Bonchev–Trinajstić information content (AvgIpc) is 2.03. The first-order valence-corrected chi connectivity index (χ1v) is 5.19. The zero-order valence-electron chi connectivity index (χ0n) is 8.82. The summed E-state index contributed by atoms with van der Waals surface area (Å²) in [6.45, 7) is 9.26. The largest absolute Gasteiger partial charge is 0.298 e. The molecule has 1 nitrogen and oxygen atoms in total. The molecule has 0 rings (SSSR count). The van der Waals surface area contributed by atoms with E-state index < -0.39 is 4.87 Å². The maximum absolute atomic E-state index is 11.3. The minimum Gasteiger partial charge on any atom is -0.298 e. The number of unbranched alkanes of at least 4 members (excludes halogenated alkanes) is 2. The molecule has 0 saturated heterocycles. The summed E-state index contributed by atoms with van der Waals surface area (Å²) in [4.78, 5) is 10.5. The third-order valence-electron chi connectivity index (χ3n) is 2.36. The molecule has 0 aromatic heterocycles. The maximum Gasteiger partial charge on any atom is 0.154 e. The molecular weight excluding hydrogens is 184 g/mol. The number of halogens is 1. The fourth-order valence-electron chi connectivity index (χ4n) is 1.31. The van der Waals surface area contributed by atoms with Crippen LogP contribution in [-0.2, 0) is 4.79 Å². The van der Waals surface area contributed by atoms with E-state index in [0.717, 1.165) is 24.8 Å². The van der Waals surface area contributed by atoms with Crippen LogP contribution in [0.15, 0.2) is 12.2 Å². The molecule has 1 unspecified atom stereocenters. The highest BCUT2D eigenvalue weighted by atomic mass is 35.5. The first-order chi connectivity index (χ1) is 5.95. The molecule has 13 heavy (non-hydrogen) atoms. The lowest BCUT2D eigenvalue weighted by Gasteiger charge is -2.24. The lowest BCUT2D eigenvalue weighted by Crippen LogP contribution is -2.31. The Balaban J connectivity index is 4.26. The maximum atomic E-state index is 11.3. The fraction of sp³-hybridized carbons (Fsp3) is 0.727. The summed E-state index contributed by atoms with van der Waals surface area (Å²) in [5.74, 6) is 0.0118. The van der Waals surface area contributed by atoms with Gasteiger partial charge in [-0.05, 0) is 20.3 Å². The number of ketones is 1. The molecule has 0 N–H and O–H groups in total. The van der Waals surface area contributed by atoms with Gasteiger partial charge in [-0.3, -0.25) is 4.79 Å². The van der Waals surface area contributed by atoms with Crippen LogP contribution in [-0.4, -0.2) is 10.7 Å². The summed E-state index contributed by atoms with van der Waals surface area (Å²) in [5.41, 5.74) is 0.762. The summed E-state index contributed by atoms with van der Waals surface area (Å²) < 4.78 is 0. The monoisotopic (exact) mass is 202 g/mol. The Morgan fingerprint density at radius 2 is 1.92 bits per heavy atom. The summed E-state index contributed by atoms with van der Waals surface area (Å²) in [6.07, 6.45) is 3.97. The zero-order valence-corrected chi connectivity index (χ0v) is 9.58. The highest BCUT2D eigenvalue weighted by Crippen LogP contribution is 2.31. The fourth-order valence-corrected chi connectivity index (χ4v) is 1.44. The first kappa shape index (κ1) is 12.7. The summed E-state index contributed by atoms with van der Waals surface area (Å²) in [6, 6.07) is 0. The lowest BCUT2D eigenvalue weighted by molar-refractivity contribution is -0.118. The Kier molecular flexibility index (Phi) is 5.31. The van der Waals surface area contributed by atoms with Gasteiger partial charge in [0, 0.05) is 0 Å². The highest BCUT2D eigenvalue weighted by Gasteiger charge is 2.32. The van der Waals surface area contributed by atoms with Gasteiger partial charge in [0.1, 0.15) is 4.87 Å². The molecular formula is C11H19ClO. The van der Waals surface area contributed by atoms with Crippen LogP contribution in [0.4, 0.5) is 0 Å². The number of hydrogen-bond donors (Lipinski definition) is 0. The number of rotatable bonds is 6. The number of hydrogen-bond acceptors (Lipinski definition) is 1. The van der Waals surface area contributed by atoms with Crippen LogP contribution in [0.1, 0.15) is 46.5 Å². The Labute approximate surface area is 86.2 Å². The van der Waals surface area contributed by atoms with E-state index in [1.165, 1.54) is 6.92 Å². The predicted molar refractivity (Wildman–Crippen MR) is 58.2 cm³/mol. The third kappa shape index (κ3) is 3.51. The van der Waals surface area contributed by atoms with Gasteiger partial charge < -0.3 is 0 Å². The van der Waals surface area contributed by atoms with Gasteiger partial charge in [0.2, 0.25) is 0 Å². The van der Waals surface area contributed by atoms with Crippen molar-refractivity contribution in [2.45, 2.75) is 51.3 Å². The van der Waals surface area contributed by atoms with Crippen molar-refractivity contribution in [2.24, 2.45) is 0 Å². The molecule has 0 aromatic carbocycles. The third-order valence-corrected chi connectivity index (χ3v) is 3.14. The molecule has 2 heteroatoms. The standard InChI is InChI=1S/C11H19ClO/c1-5-6-7-8-11(12,9(2)3)10(4)13/h2,5-8H2,1,3-4H3. The Morgan fingerprint density at radius 1 is 1.38 bits per heavy atom. The Morgan fingerprint density at radius 3 is 2.23 bits per heavy atom. The van der Waals surface area contributed by atoms with Gasteiger partial charge in [-0.2, -0.15) is 0 Å². The molecule has 0 aliphatic rings. The van der Waals surface area contributed by atoms with Gasteiger partial charge in [-0.1, -0.05) is 38.3 Å². The van der Waals surface area contributed by atoms with E-state index in [1.54, 1.807) is 0 Å². The van der Waals surface area contributed by atoms with Crippen molar-refractivity contribution in [1.82, 2.24) is 0 Å². The molecule has 0 heterocycles. The van der Waals surface area contributed by atoms with E-state index in [2.05, 4.69) is 13.5 Å². The number of Topliss-reactive ketones (excluding diaryl/α,β-unsaturated/α-hetero) is 1. The van der Waals surface area contributed by atoms with Gasteiger partial charge in [-0.25, -0.2) is 0 Å². The van der Waals surface area contributed by atoms with E-state index in [0.29, 0.717) is 6.42 Å².